The number of nitrogens with one attached hydrogen (secondary N) is 2. The van der Waals surface area contributed by atoms with Gasteiger partial charge in [0.05, 0.1) is 6.61 Å². The van der Waals surface area contributed by atoms with Crippen LogP contribution >= 0.6 is 39.1 Å². The molecule has 1 atom stereocenters. The summed E-state index contributed by atoms with van der Waals surface area (Å²) in [6.45, 7) is 1.08. The van der Waals surface area contributed by atoms with E-state index in [9.17, 15) is 4.79 Å². The lowest BCUT2D eigenvalue weighted by molar-refractivity contribution is -0.127. The van der Waals surface area contributed by atoms with E-state index in [0.717, 1.165) is 21.2 Å². The fourth-order valence-electron chi connectivity index (χ4n) is 3.95. The molecule has 0 radical (unpaired) electrons. The van der Waals surface area contributed by atoms with Crippen LogP contribution < -0.4 is 15.6 Å². The van der Waals surface area contributed by atoms with Crippen molar-refractivity contribution >= 4 is 50.9 Å². The SMILES string of the molecule is O=C(NNCCc1ccc(Cl)cc1Cl)[C@]1(Cc2ccc(Br)cc2)COC(c2ccc(OCCCO)cc2)=N1. The van der Waals surface area contributed by atoms with E-state index in [2.05, 4.69) is 26.8 Å². The van der Waals surface area contributed by atoms with Gasteiger partial charge in [0, 0.05) is 46.1 Å². The van der Waals surface area contributed by atoms with Crippen molar-refractivity contribution in [2.75, 3.05) is 26.4 Å². The molecule has 38 heavy (non-hydrogen) atoms. The van der Waals surface area contributed by atoms with Gasteiger partial charge in [0.2, 0.25) is 5.90 Å². The molecule has 10 heteroatoms. The second-order valence-corrected chi connectivity index (χ2v) is 10.6. The summed E-state index contributed by atoms with van der Waals surface area (Å²) < 4.78 is 12.5. The van der Waals surface area contributed by atoms with Gasteiger partial charge in [0.1, 0.15) is 12.4 Å². The summed E-state index contributed by atoms with van der Waals surface area (Å²) in [5.74, 6) is 0.790. The number of nitrogens with zero attached hydrogens (tertiary/aromatic N) is 1. The summed E-state index contributed by atoms with van der Waals surface area (Å²) in [7, 11) is 0. The Bertz CT molecular complexity index is 1270. The van der Waals surface area contributed by atoms with Crippen molar-refractivity contribution < 1.29 is 19.4 Å². The van der Waals surface area contributed by atoms with Gasteiger partial charge in [0.25, 0.3) is 5.91 Å². The van der Waals surface area contributed by atoms with E-state index in [4.69, 9.17) is 42.8 Å². The molecule has 3 aromatic carbocycles. The van der Waals surface area contributed by atoms with Crippen molar-refractivity contribution in [2.24, 2.45) is 4.99 Å². The number of halogens is 3. The minimum atomic E-state index is -1.15. The number of aliphatic hydroxyl groups excluding tert-OH is 1. The number of rotatable bonds is 12. The molecule has 1 aliphatic rings. The molecule has 3 N–H and O–H groups in total. The average Bonchev–Trinajstić information content (AvgIpc) is 3.34. The average molecular weight is 621 g/mol. The predicted molar refractivity (Wildman–Crippen MR) is 153 cm³/mol. The number of hydrogen-bond donors (Lipinski definition) is 3. The monoisotopic (exact) mass is 619 g/mol. The highest BCUT2D eigenvalue weighted by Gasteiger charge is 2.44. The fourth-order valence-corrected chi connectivity index (χ4v) is 4.72. The van der Waals surface area contributed by atoms with Gasteiger partial charge in [-0.15, -0.1) is 0 Å². The summed E-state index contributed by atoms with van der Waals surface area (Å²) in [4.78, 5) is 18.3. The summed E-state index contributed by atoms with van der Waals surface area (Å²) in [5.41, 5.74) is 7.29. The quantitative estimate of drug-likeness (QED) is 0.193. The Morgan fingerprint density at radius 1 is 1.11 bits per heavy atom. The number of hydrogen-bond acceptors (Lipinski definition) is 6. The van der Waals surface area contributed by atoms with Crippen molar-refractivity contribution in [1.82, 2.24) is 10.9 Å². The van der Waals surface area contributed by atoms with Gasteiger partial charge in [-0.3, -0.25) is 10.2 Å². The number of benzene rings is 3. The molecular weight excluding hydrogens is 593 g/mol. The molecule has 1 heterocycles. The first-order valence-corrected chi connectivity index (χ1v) is 13.7. The lowest BCUT2D eigenvalue weighted by atomic mass is 9.91. The lowest BCUT2D eigenvalue weighted by Crippen LogP contribution is -2.53. The zero-order valence-electron chi connectivity index (χ0n) is 20.6. The Kier molecular flexibility index (Phi) is 10.0. The van der Waals surface area contributed by atoms with Gasteiger partial charge >= 0.3 is 0 Å². The van der Waals surface area contributed by atoms with Gasteiger partial charge in [-0.25, -0.2) is 10.4 Å². The Labute approximate surface area is 240 Å². The normalized spacial score (nSPS) is 16.6. The van der Waals surface area contributed by atoms with Crippen LogP contribution in [0.2, 0.25) is 10.0 Å². The van der Waals surface area contributed by atoms with Gasteiger partial charge in [-0.1, -0.05) is 57.3 Å². The maximum absolute atomic E-state index is 13.5. The fraction of sp³-hybridized carbons (Fsp3) is 0.286. The third-order valence-electron chi connectivity index (χ3n) is 6.00. The summed E-state index contributed by atoms with van der Waals surface area (Å²) in [6.07, 6.45) is 1.53. The first-order valence-electron chi connectivity index (χ1n) is 12.2. The van der Waals surface area contributed by atoms with E-state index in [1.807, 2.05) is 54.6 Å². The minimum Gasteiger partial charge on any atom is -0.494 e. The van der Waals surface area contributed by atoms with Crippen LogP contribution in [0.3, 0.4) is 0 Å². The lowest BCUT2D eigenvalue weighted by Gasteiger charge is -2.23. The van der Waals surface area contributed by atoms with Crippen molar-refractivity contribution in [3.63, 3.8) is 0 Å². The molecule has 7 nitrogen and oxygen atoms in total. The van der Waals surface area contributed by atoms with Crippen molar-refractivity contribution in [1.29, 1.82) is 0 Å². The Morgan fingerprint density at radius 2 is 1.87 bits per heavy atom. The molecule has 200 valence electrons. The van der Waals surface area contributed by atoms with Crippen LogP contribution in [0.25, 0.3) is 0 Å². The molecule has 0 unspecified atom stereocenters. The van der Waals surface area contributed by atoms with Crippen LogP contribution in [0.4, 0.5) is 0 Å². The highest BCUT2D eigenvalue weighted by molar-refractivity contribution is 9.10. The third kappa shape index (κ3) is 7.48. The maximum atomic E-state index is 13.5. The van der Waals surface area contributed by atoms with Crippen LogP contribution in [-0.4, -0.2) is 48.8 Å². The number of aliphatic hydroxyl groups is 1. The molecule has 0 saturated carbocycles. The summed E-state index contributed by atoms with van der Waals surface area (Å²) in [6, 6.07) is 20.5. The Morgan fingerprint density at radius 3 is 2.58 bits per heavy atom. The van der Waals surface area contributed by atoms with Crippen LogP contribution in [0.5, 0.6) is 5.75 Å². The molecule has 1 aliphatic heterocycles. The number of carbonyl (C=O) groups is 1. The third-order valence-corrected chi connectivity index (χ3v) is 7.12. The number of hydrazine groups is 1. The van der Waals surface area contributed by atoms with E-state index >= 15 is 0 Å². The summed E-state index contributed by atoms with van der Waals surface area (Å²) >= 11 is 15.7. The van der Waals surface area contributed by atoms with Crippen LogP contribution in [0.1, 0.15) is 23.1 Å². The smallest absolute Gasteiger partial charge is 0.266 e. The minimum absolute atomic E-state index is 0.0783. The predicted octanol–water partition coefficient (Wildman–Crippen LogP) is 5.14. The Balaban J connectivity index is 1.46. The highest BCUT2D eigenvalue weighted by atomic mass is 79.9. The van der Waals surface area contributed by atoms with Gasteiger partial charge in [0.15, 0.2) is 5.54 Å². The molecule has 1 amide bonds. The molecular formula is C28H28BrCl2N3O4. The van der Waals surface area contributed by atoms with Crippen molar-refractivity contribution in [2.45, 2.75) is 24.8 Å². The molecule has 4 rings (SSSR count). The van der Waals surface area contributed by atoms with E-state index < -0.39 is 5.54 Å². The van der Waals surface area contributed by atoms with Crippen LogP contribution in [-0.2, 0) is 22.4 Å². The van der Waals surface area contributed by atoms with Crippen LogP contribution in [0.15, 0.2) is 76.2 Å². The topological polar surface area (TPSA) is 92.2 Å². The zero-order valence-corrected chi connectivity index (χ0v) is 23.7. The van der Waals surface area contributed by atoms with Crippen LogP contribution in [0, 0.1) is 0 Å². The van der Waals surface area contributed by atoms with E-state index in [0.29, 0.717) is 54.1 Å². The standard InChI is InChI=1S/C28H28BrCl2N3O4/c29-22-7-2-19(3-8-22)17-28(27(36)34-32-13-12-20-4-9-23(30)16-25(20)31)18-38-26(33-28)21-5-10-24(11-6-21)37-15-1-14-35/h2-11,16,32,35H,1,12-15,17-18H2,(H,34,36)/t28-/m0/s1. The zero-order chi connectivity index (χ0) is 27.0. The number of carbonyl (C=O) groups excluding carboxylic acids is 1. The molecule has 0 spiro atoms. The summed E-state index contributed by atoms with van der Waals surface area (Å²) in [5, 5.41) is 10.1. The molecule has 0 aliphatic carbocycles. The van der Waals surface area contributed by atoms with Gasteiger partial charge in [-0.05, 0) is 66.1 Å². The number of amides is 1. The molecule has 0 bridgehead atoms. The highest BCUT2D eigenvalue weighted by Crippen LogP contribution is 2.28. The second kappa shape index (κ2) is 13.4. The molecule has 3 aromatic rings. The van der Waals surface area contributed by atoms with E-state index in [-0.39, 0.29) is 19.1 Å². The molecule has 0 aromatic heterocycles. The van der Waals surface area contributed by atoms with E-state index in [1.165, 1.54) is 0 Å². The van der Waals surface area contributed by atoms with Gasteiger partial charge < -0.3 is 14.6 Å². The molecule has 0 saturated heterocycles. The largest absolute Gasteiger partial charge is 0.494 e. The van der Waals surface area contributed by atoms with Crippen molar-refractivity contribution in [3.8, 4) is 5.75 Å². The molecule has 0 fully saturated rings. The number of aliphatic imine (C=N–C) groups is 1. The second-order valence-electron chi connectivity index (χ2n) is 8.86. The Hall–Kier alpha value is -2.62. The number of ether oxygens (including phenoxy) is 2. The first-order chi connectivity index (χ1) is 18.4. The maximum Gasteiger partial charge on any atom is 0.266 e. The first kappa shape index (κ1) is 28.4. The van der Waals surface area contributed by atoms with Gasteiger partial charge in [-0.2, -0.15) is 0 Å². The van der Waals surface area contributed by atoms with E-state index in [1.54, 1.807) is 12.1 Å². The van der Waals surface area contributed by atoms with Crippen molar-refractivity contribution in [3.05, 3.63) is 97.9 Å².